The zero-order valence-corrected chi connectivity index (χ0v) is 10.1. The van der Waals surface area contributed by atoms with Gasteiger partial charge in [0.1, 0.15) is 5.54 Å². The summed E-state index contributed by atoms with van der Waals surface area (Å²) in [6.45, 7) is 7.29. The van der Waals surface area contributed by atoms with Crippen molar-refractivity contribution in [2.75, 3.05) is 20.6 Å². The van der Waals surface area contributed by atoms with Crippen LogP contribution < -0.4 is 5.32 Å². The van der Waals surface area contributed by atoms with E-state index >= 15 is 0 Å². The normalized spacial score (nSPS) is 17.5. The van der Waals surface area contributed by atoms with Crippen LogP contribution in [-0.4, -0.2) is 37.1 Å². The zero-order chi connectivity index (χ0) is 11.2. The Balaban J connectivity index is 3.99. The Morgan fingerprint density at radius 3 is 2.50 bits per heavy atom. The molecule has 0 heterocycles. The summed E-state index contributed by atoms with van der Waals surface area (Å²) in [5.41, 5.74) is -0.387. The molecule has 0 spiro atoms. The van der Waals surface area contributed by atoms with Gasteiger partial charge in [0.15, 0.2) is 0 Å². The first-order valence-electron chi connectivity index (χ1n) is 5.29. The fourth-order valence-corrected chi connectivity index (χ4v) is 1.17. The van der Waals surface area contributed by atoms with E-state index in [2.05, 4.69) is 37.2 Å². The first-order chi connectivity index (χ1) is 6.49. The lowest BCUT2D eigenvalue weighted by Gasteiger charge is -2.28. The number of rotatable bonds is 6. The molecule has 82 valence electrons. The first kappa shape index (κ1) is 13.4. The van der Waals surface area contributed by atoms with Crippen molar-refractivity contribution >= 4 is 0 Å². The van der Waals surface area contributed by atoms with Crippen molar-refractivity contribution < 1.29 is 0 Å². The van der Waals surface area contributed by atoms with Gasteiger partial charge in [-0.25, -0.2) is 0 Å². The third kappa shape index (κ3) is 4.08. The van der Waals surface area contributed by atoms with Gasteiger partial charge >= 0.3 is 0 Å². The van der Waals surface area contributed by atoms with Crippen LogP contribution in [-0.2, 0) is 0 Å². The molecule has 0 aromatic rings. The van der Waals surface area contributed by atoms with Gasteiger partial charge in [-0.1, -0.05) is 6.92 Å². The maximum absolute atomic E-state index is 8.96. The number of hydrogen-bond donors (Lipinski definition) is 1. The van der Waals surface area contributed by atoms with Gasteiger partial charge in [0, 0.05) is 12.6 Å². The molecule has 0 bridgehead atoms. The molecule has 0 rings (SSSR count). The number of nitrogens with zero attached hydrogens (tertiary/aromatic N) is 2. The zero-order valence-electron chi connectivity index (χ0n) is 10.1. The Hall–Kier alpha value is -0.590. The molecule has 0 aromatic carbocycles. The lowest BCUT2D eigenvalue weighted by Crippen LogP contribution is -2.42. The molecule has 14 heavy (non-hydrogen) atoms. The lowest BCUT2D eigenvalue weighted by atomic mass is 10.00. The van der Waals surface area contributed by atoms with Gasteiger partial charge in [0.05, 0.1) is 6.07 Å². The summed E-state index contributed by atoms with van der Waals surface area (Å²) >= 11 is 0. The summed E-state index contributed by atoms with van der Waals surface area (Å²) in [6, 6.07) is 2.90. The van der Waals surface area contributed by atoms with Crippen molar-refractivity contribution in [1.82, 2.24) is 10.2 Å². The summed E-state index contributed by atoms with van der Waals surface area (Å²) < 4.78 is 0. The molecule has 0 radical (unpaired) electrons. The maximum atomic E-state index is 8.96. The Labute approximate surface area is 88.1 Å². The van der Waals surface area contributed by atoms with E-state index in [-0.39, 0.29) is 5.54 Å². The van der Waals surface area contributed by atoms with Crippen molar-refractivity contribution in [3.8, 4) is 6.07 Å². The van der Waals surface area contributed by atoms with Gasteiger partial charge in [-0.3, -0.25) is 0 Å². The largest absolute Gasteiger partial charge is 0.304 e. The van der Waals surface area contributed by atoms with E-state index in [4.69, 9.17) is 5.26 Å². The number of hydrogen-bond acceptors (Lipinski definition) is 3. The third-order valence-electron chi connectivity index (χ3n) is 3.11. The van der Waals surface area contributed by atoms with E-state index < -0.39 is 0 Å². The molecule has 1 N–H and O–H groups in total. The van der Waals surface area contributed by atoms with Gasteiger partial charge in [-0.05, 0) is 40.8 Å². The van der Waals surface area contributed by atoms with Crippen LogP contribution >= 0.6 is 0 Å². The minimum Gasteiger partial charge on any atom is -0.304 e. The molecule has 2 unspecified atom stereocenters. The minimum atomic E-state index is -0.387. The van der Waals surface area contributed by atoms with Gasteiger partial charge in [0.25, 0.3) is 0 Å². The van der Waals surface area contributed by atoms with E-state index in [0.717, 1.165) is 19.4 Å². The average molecular weight is 197 g/mol. The summed E-state index contributed by atoms with van der Waals surface area (Å²) in [5.74, 6) is 0. The highest BCUT2D eigenvalue weighted by atomic mass is 15.1. The van der Waals surface area contributed by atoms with Gasteiger partial charge in [-0.2, -0.15) is 5.26 Å². The second-order valence-electron chi connectivity index (χ2n) is 4.18. The number of nitrogens with one attached hydrogen (secondary N) is 1. The van der Waals surface area contributed by atoms with Crippen molar-refractivity contribution in [1.29, 1.82) is 5.26 Å². The van der Waals surface area contributed by atoms with E-state index in [0.29, 0.717) is 6.04 Å². The smallest absolute Gasteiger partial charge is 0.104 e. The second-order valence-corrected chi connectivity index (χ2v) is 4.18. The SMILES string of the molecule is CCC(C)N(C)CCC(C)(C#N)NC. The van der Waals surface area contributed by atoms with Gasteiger partial charge in [-0.15, -0.1) is 0 Å². The quantitative estimate of drug-likeness (QED) is 0.703. The van der Waals surface area contributed by atoms with Crippen LogP contribution in [0.4, 0.5) is 0 Å². The number of nitriles is 1. The predicted octanol–water partition coefficient (Wildman–Crippen LogP) is 1.61. The topological polar surface area (TPSA) is 39.1 Å². The Morgan fingerprint density at radius 1 is 1.57 bits per heavy atom. The molecule has 0 amide bonds. The molecule has 0 aliphatic rings. The van der Waals surface area contributed by atoms with Crippen molar-refractivity contribution in [3.63, 3.8) is 0 Å². The molecule has 2 atom stereocenters. The minimum absolute atomic E-state index is 0.387. The molecule has 0 saturated heterocycles. The van der Waals surface area contributed by atoms with Crippen LogP contribution in [0.2, 0.25) is 0 Å². The fraction of sp³-hybridized carbons (Fsp3) is 0.909. The van der Waals surface area contributed by atoms with E-state index in [1.165, 1.54) is 0 Å². The Morgan fingerprint density at radius 2 is 2.14 bits per heavy atom. The van der Waals surface area contributed by atoms with Gasteiger partial charge in [0.2, 0.25) is 0 Å². The van der Waals surface area contributed by atoms with E-state index in [1.54, 1.807) is 0 Å². The van der Waals surface area contributed by atoms with Crippen molar-refractivity contribution in [2.45, 2.75) is 45.2 Å². The summed E-state index contributed by atoms with van der Waals surface area (Å²) in [7, 11) is 3.95. The van der Waals surface area contributed by atoms with Crippen LogP contribution in [0.25, 0.3) is 0 Å². The van der Waals surface area contributed by atoms with Crippen molar-refractivity contribution in [3.05, 3.63) is 0 Å². The van der Waals surface area contributed by atoms with Crippen LogP contribution in [0.1, 0.15) is 33.6 Å². The van der Waals surface area contributed by atoms with Crippen LogP contribution in [0, 0.1) is 11.3 Å². The van der Waals surface area contributed by atoms with E-state index in [9.17, 15) is 0 Å². The van der Waals surface area contributed by atoms with Crippen LogP contribution in [0.5, 0.6) is 0 Å². The highest BCUT2D eigenvalue weighted by Crippen LogP contribution is 2.10. The van der Waals surface area contributed by atoms with Crippen LogP contribution in [0.15, 0.2) is 0 Å². The molecule has 0 saturated carbocycles. The maximum Gasteiger partial charge on any atom is 0.104 e. The molecular weight excluding hydrogens is 174 g/mol. The molecule has 3 nitrogen and oxygen atoms in total. The molecular formula is C11H23N3. The van der Waals surface area contributed by atoms with Gasteiger partial charge < -0.3 is 10.2 Å². The summed E-state index contributed by atoms with van der Waals surface area (Å²) in [6.07, 6.45) is 2.01. The highest BCUT2D eigenvalue weighted by molar-refractivity contribution is 5.03. The molecule has 0 aliphatic carbocycles. The molecule has 0 aliphatic heterocycles. The highest BCUT2D eigenvalue weighted by Gasteiger charge is 2.21. The first-order valence-corrected chi connectivity index (χ1v) is 5.29. The Kier molecular flexibility index (Phi) is 5.75. The van der Waals surface area contributed by atoms with Crippen LogP contribution in [0.3, 0.4) is 0 Å². The summed E-state index contributed by atoms with van der Waals surface area (Å²) in [4.78, 5) is 2.30. The second kappa shape index (κ2) is 6.00. The molecule has 0 aromatic heterocycles. The third-order valence-corrected chi connectivity index (χ3v) is 3.11. The lowest BCUT2D eigenvalue weighted by molar-refractivity contribution is 0.230. The predicted molar refractivity (Wildman–Crippen MR) is 60.1 cm³/mol. The average Bonchev–Trinajstić information content (AvgIpc) is 2.24. The van der Waals surface area contributed by atoms with E-state index in [1.807, 2.05) is 14.0 Å². The monoisotopic (exact) mass is 197 g/mol. The van der Waals surface area contributed by atoms with Crippen molar-refractivity contribution in [2.24, 2.45) is 0 Å². The molecule has 3 heteroatoms. The Bertz CT molecular complexity index is 197. The fourth-order valence-electron chi connectivity index (χ4n) is 1.17. The summed E-state index contributed by atoms with van der Waals surface area (Å²) in [5, 5.41) is 12.0. The molecule has 0 fully saturated rings. The standard InChI is InChI=1S/C11H23N3/c1-6-10(2)14(5)8-7-11(3,9-12)13-4/h10,13H,6-8H2,1-5H3.